The quantitative estimate of drug-likeness (QED) is 0.689. The van der Waals surface area contributed by atoms with E-state index in [-0.39, 0.29) is 0 Å². The summed E-state index contributed by atoms with van der Waals surface area (Å²) < 4.78 is 5.29. The third kappa shape index (κ3) is 1.62. The van der Waals surface area contributed by atoms with E-state index in [2.05, 4.69) is 20.7 Å². The topological polar surface area (TPSA) is 49.4 Å². The maximum atomic E-state index is 12.0. The second-order valence-electron chi connectivity index (χ2n) is 4.59. The summed E-state index contributed by atoms with van der Waals surface area (Å²) in [6.07, 6.45) is 0. The van der Waals surface area contributed by atoms with Crippen LogP contribution in [0.3, 0.4) is 0 Å². The van der Waals surface area contributed by atoms with Gasteiger partial charge in [-0.25, -0.2) is 4.79 Å². The average Bonchev–Trinajstić information content (AvgIpc) is 2.25. The fourth-order valence-corrected chi connectivity index (χ4v) is 2.71. The van der Waals surface area contributed by atoms with Gasteiger partial charge in [0.2, 0.25) is 0 Å². The molecule has 0 aliphatic carbocycles. The molecule has 5 heteroatoms. The monoisotopic (exact) mass is 276 g/mol. The first-order valence-electron chi connectivity index (χ1n) is 4.64. The Labute approximate surface area is 98.0 Å². The van der Waals surface area contributed by atoms with E-state index in [9.17, 15) is 10.0 Å². The van der Waals surface area contributed by atoms with E-state index in [1.54, 1.807) is 27.7 Å². The molecule has 0 fully saturated rings. The summed E-state index contributed by atoms with van der Waals surface area (Å²) in [5.41, 5.74) is -1.20. The highest BCUT2D eigenvalue weighted by Crippen LogP contribution is 2.47. The minimum Gasteiger partial charge on any atom is -0.466 e. The van der Waals surface area contributed by atoms with Crippen molar-refractivity contribution in [3.05, 3.63) is 10.1 Å². The van der Waals surface area contributed by atoms with Gasteiger partial charge in [-0.05, 0) is 27.7 Å². The Morgan fingerprint density at radius 1 is 1.27 bits per heavy atom. The van der Waals surface area contributed by atoms with Gasteiger partial charge < -0.3 is 4.74 Å². The lowest BCUT2D eigenvalue weighted by molar-refractivity contribution is -0.239. The smallest absolute Gasteiger partial charge is 0.336 e. The fraction of sp³-hybridized carbons (Fsp3) is 0.700. The number of ether oxygens (including phenoxy) is 1. The summed E-state index contributed by atoms with van der Waals surface area (Å²) in [4.78, 5) is 11.6. The molecule has 0 aromatic carbocycles. The van der Waals surface area contributed by atoms with E-state index in [1.807, 2.05) is 0 Å². The van der Waals surface area contributed by atoms with Gasteiger partial charge in [0.25, 0.3) is 0 Å². The lowest BCUT2D eigenvalue weighted by atomic mass is 9.97. The van der Waals surface area contributed by atoms with Crippen molar-refractivity contribution in [2.24, 2.45) is 0 Å². The molecule has 1 aliphatic heterocycles. The predicted octanol–water partition coefficient (Wildman–Crippen LogP) is 2.03. The SMILES string of the molecule is COC(=O)C1=C(Br)C(C)(C)N([O])C1(C)C. The van der Waals surface area contributed by atoms with Gasteiger partial charge in [-0.2, -0.15) is 0 Å². The Kier molecular flexibility index (Phi) is 3.02. The second-order valence-corrected chi connectivity index (χ2v) is 5.39. The van der Waals surface area contributed by atoms with E-state index in [1.165, 1.54) is 7.11 Å². The molecular formula is C10H15BrNO3. The van der Waals surface area contributed by atoms with Gasteiger partial charge in [0.1, 0.15) is 0 Å². The molecule has 0 saturated carbocycles. The molecule has 1 radical (unpaired) electrons. The number of carbonyl (C=O) groups excluding carboxylic acids is 1. The summed E-state index contributed by atoms with van der Waals surface area (Å²) in [5.74, 6) is -0.460. The van der Waals surface area contributed by atoms with Crippen LogP contribution in [0, 0.1) is 0 Å². The third-order valence-electron chi connectivity index (χ3n) is 2.77. The van der Waals surface area contributed by atoms with Crippen LogP contribution in [0.5, 0.6) is 0 Å². The minimum absolute atomic E-state index is 0.394. The van der Waals surface area contributed by atoms with Crippen molar-refractivity contribution >= 4 is 21.9 Å². The molecule has 1 aliphatic rings. The highest BCUT2D eigenvalue weighted by atomic mass is 79.9. The molecule has 0 aromatic heterocycles. The molecule has 0 spiro atoms. The van der Waals surface area contributed by atoms with E-state index in [0.717, 1.165) is 5.06 Å². The van der Waals surface area contributed by atoms with Crippen LogP contribution in [0.1, 0.15) is 27.7 Å². The zero-order valence-electron chi connectivity index (χ0n) is 9.55. The fourth-order valence-electron chi connectivity index (χ4n) is 1.91. The van der Waals surface area contributed by atoms with Crippen LogP contribution in [-0.4, -0.2) is 29.2 Å². The van der Waals surface area contributed by atoms with Crippen LogP contribution in [-0.2, 0) is 14.7 Å². The molecule has 4 nitrogen and oxygen atoms in total. The van der Waals surface area contributed by atoms with E-state index >= 15 is 0 Å². The lowest BCUT2D eigenvalue weighted by Crippen LogP contribution is -2.48. The van der Waals surface area contributed by atoms with Gasteiger partial charge >= 0.3 is 5.97 Å². The first kappa shape index (κ1) is 12.7. The summed E-state index contributed by atoms with van der Waals surface area (Å²) in [6.45, 7) is 6.95. The third-order valence-corrected chi connectivity index (χ3v) is 4.14. The van der Waals surface area contributed by atoms with Crippen molar-refractivity contribution in [1.29, 1.82) is 0 Å². The van der Waals surface area contributed by atoms with Crippen molar-refractivity contribution in [3.63, 3.8) is 0 Å². The number of halogens is 1. The first-order valence-corrected chi connectivity index (χ1v) is 5.43. The largest absolute Gasteiger partial charge is 0.466 e. The number of esters is 1. The second kappa shape index (κ2) is 3.57. The highest BCUT2D eigenvalue weighted by Gasteiger charge is 2.53. The number of hydrogen-bond donors (Lipinski definition) is 0. The maximum absolute atomic E-state index is 12.0. The molecule has 15 heavy (non-hydrogen) atoms. The molecule has 0 bridgehead atoms. The molecule has 0 aromatic rings. The Morgan fingerprint density at radius 2 is 1.73 bits per heavy atom. The summed E-state index contributed by atoms with van der Waals surface area (Å²) in [5, 5.41) is 12.9. The van der Waals surface area contributed by atoms with Gasteiger partial charge in [0.15, 0.2) is 0 Å². The van der Waals surface area contributed by atoms with Crippen LogP contribution >= 0.6 is 15.9 Å². The molecule has 1 rings (SSSR count). The Bertz CT molecular complexity index is 334. The van der Waals surface area contributed by atoms with Gasteiger partial charge in [0.05, 0.1) is 23.8 Å². The van der Waals surface area contributed by atoms with Crippen LogP contribution in [0.25, 0.3) is 0 Å². The maximum Gasteiger partial charge on any atom is 0.336 e. The molecule has 1 heterocycles. The molecule has 0 saturated heterocycles. The van der Waals surface area contributed by atoms with E-state index < -0.39 is 17.0 Å². The molecule has 0 amide bonds. The van der Waals surface area contributed by atoms with Crippen LogP contribution in [0.2, 0.25) is 0 Å². The molecule has 0 unspecified atom stereocenters. The van der Waals surface area contributed by atoms with E-state index in [4.69, 9.17) is 0 Å². The number of nitrogens with zero attached hydrogens (tertiary/aromatic N) is 1. The summed E-state index contributed by atoms with van der Waals surface area (Å²) in [6, 6.07) is 0. The number of carbonyl (C=O) groups is 1. The molecule has 85 valence electrons. The van der Waals surface area contributed by atoms with Gasteiger partial charge in [-0.3, -0.25) is 0 Å². The van der Waals surface area contributed by atoms with Gasteiger partial charge in [0, 0.05) is 4.48 Å². The van der Waals surface area contributed by atoms with Crippen LogP contribution in [0.15, 0.2) is 10.1 Å². The summed E-state index contributed by atoms with van der Waals surface area (Å²) in [7, 11) is 1.31. The van der Waals surface area contributed by atoms with Gasteiger partial charge in [-0.1, -0.05) is 15.9 Å². The summed E-state index contributed by atoms with van der Waals surface area (Å²) >= 11 is 3.32. The normalized spacial score (nSPS) is 24.5. The zero-order chi connectivity index (χ0) is 12.0. The van der Waals surface area contributed by atoms with Gasteiger partial charge in [-0.15, -0.1) is 10.3 Å². The minimum atomic E-state index is -0.866. The number of methoxy groups -OCH3 is 1. The Balaban J connectivity index is 3.33. The number of hydroxylamine groups is 2. The number of rotatable bonds is 1. The van der Waals surface area contributed by atoms with E-state index in [0.29, 0.717) is 10.1 Å². The molecular weight excluding hydrogens is 262 g/mol. The zero-order valence-corrected chi connectivity index (χ0v) is 11.1. The molecule has 0 atom stereocenters. The van der Waals surface area contributed by atoms with Crippen molar-refractivity contribution in [3.8, 4) is 0 Å². The van der Waals surface area contributed by atoms with Crippen molar-refractivity contribution in [2.75, 3.05) is 7.11 Å². The Hall–Kier alpha value is -0.390. The Morgan fingerprint density at radius 3 is 2.00 bits per heavy atom. The molecule has 0 N–H and O–H groups in total. The van der Waals surface area contributed by atoms with Crippen molar-refractivity contribution in [2.45, 2.75) is 38.8 Å². The standard InChI is InChI=1S/C10H15BrNO3/c1-9(2)6(8(13)15-5)7(11)10(3,4)12(9)14/h1-5H3. The number of hydrogen-bond acceptors (Lipinski definition) is 3. The van der Waals surface area contributed by atoms with Crippen molar-refractivity contribution < 1.29 is 14.7 Å². The van der Waals surface area contributed by atoms with Crippen LogP contribution in [0.4, 0.5) is 0 Å². The highest BCUT2D eigenvalue weighted by molar-refractivity contribution is 9.11. The average molecular weight is 277 g/mol. The lowest BCUT2D eigenvalue weighted by Gasteiger charge is -2.33. The predicted molar refractivity (Wildman–Crippen MR) is 58.7 cm³/mol. The van der Waals surface area contributed by atoms with Crippen LogP contribution < -0.4 is 0 Å². The first-order chi connectivity index (χ1) is 6.67. The van der Waals surface area contributed by atoms with Crippen molar-refractivity contribution in [1.82, 2.24) is 5.06 Å².